The maximum absolute atomic E-state index is 12.1. The number of nitrogens with zero attached hydrogens (tertiary/aromatic N) is 2. The Labute approximate surface area is 149 Å². The molecule has 25 heavy (non-hydrogen) atoms. The van der Waals surface area contributed by atoms with Gasteiger partial charge in [0.05, 0.1) is 0 Å². The Balaban J connectivity index is 1.50. The molecule has 132 valence electrons. The number of rotatable bonds is 6. The molecular formula is C20H25N3O2. The van der Waals surface area contributed by atoms with Crippen LogP contribution in [0, 0.1) is 0 Å². The van der Waals surface area contributed by atoms with Crippen molar-refractivity contribution in [1.29, 1.82) is 0 Å². The van der Waals surface area contributed by atoms with Crippen LogP contribution in [0.5, 0.6) is 5.75 Å². The first kappa shape index (κ1) is 17.5. The Morgan fingerprint density at radius 2 is 1.80 bits per heavy atom. The average Bonchev–Trinajstić information content (AvgIpc) is 2.63. The molecule has 1 N–H and O–H groups in total. The van der Waals surface area contributed by atoms with E-state index in [0.29, 0.717) is 5.75 Å². The van der Waals surface area contributed by atoms with Crippen LogP contribution in [0.25, 0.3) is 0 Å². The van der Waals surface area contributed by atoms with Gasteiger partial charge in [0, 0.05) is 38.4 Å². The van der Waals surface area contributed by atoms with Crippen LogP contribution in [0.3, 0.4) is 0 Å². The molecule has 0 atom stereocenters. The fourth-order valence-electron chi connectivity index (χ4n) is 2.87. The number of nitrogens with one attached hydrogen (secondary N) is 1. The molecule has 1 amide bonds. The van der Waals surface area contributed by atoms with Gasteiger partial charge in [0.15, 0.2) is 6.61 Å². The molecule has 2 aromatic rings. The highest BCUT2D eigenvalue weighted by molar-refractivity contribution is 5.91. The minimum Gasteiger partial charge on any atom is -0.484 e. The fraction of sp³-hybridized carbons (Fsp3) is 0.350. The van der Waals surface area contributed by atoms with Crippen molar-refractivity contribution < 1.29 is 9.53 Å². The van der Waals surface area contributed by atoms with E-state index in [1.54, 1.807) is 0 Å². The lowest BCUT2D eigenvalue weighted by molar-refractivity contribution is -0.118. The molecule has 0 saturated carbocycles. The monoisotopic (exact) mass is 339 g/mol. The second-order valence-corrected chi connectivity index (χ2v) is 6.43. The molecule has 0 radical (unpaired) electrons. The summed E-state index contributed by atoms with van der Waals surface area (Å²) in [6, 6.07) is 17.4. The predicted octanol–water partition coefficient (Wildman–Crippen LogP) is 2.45. The third-order valence-electron chi connectivity index (χ3n) is 4.33. The lowest BCUT2D eigenvalue weighted by Crippen LogP contribution is -2.43. The highest BCUT2D eigenvalue weighted by atomic mass is 16.5. The molecular weight excluding hydrogens is 314 g/mol. The minimum atomic E-state index is -0.152. The lowest BCUT2D eigenvalue weighted by atomic mass is 10.1. The molecule has 5 nitrogen and oxygen atoms in total. The Hall–Kier alpha value is -2.37. The number of para-hydroxylation sites is 1. The zero-order chi connectivity index (χ0) is 17.5. The number of likely N-dealkylation sites (N-methyl/N-ethyl adjacent to an activating group) is 1. The summed E-state index contributed by atoms with van der Waals surface area (Å²) in [4.78, 5) is 16.9. The number of carbonyl (C=O) groups is 1. The van der Waals surface area contributed by atoms with Crippen LogP contribution >= 0.6 is 0 Å². The summed E-state index contributed by atoms with van der Waals surface area (Å²) >= 11 is 0. The van der Waals surface area contributed by atoms with Gasteiger partial charge in [-0.1, -0.05) is 30.3 Å². The third kappa shape index (κ3) is 5.59. The van der Waals surface area contributed by atoms with Gasteiger partial charge in [0.2, 0.25) is 0 Å². The molecule has 0 spiro atoms. The number of hydrogen-bond acceptors (Lipinski definition) is 4. The first-order valence-corrected chi connectivity index (χ1v) is 8.66. The van der Waals surface area contributed by atoms with Crippen LogP contribution in [-0.4, -0.2) is 55.5 Å². The van der Waals surface area contributed by atoms with Gasteiger partial charge in [0.25, 0.3) is 5.91 Å². The number of benzene rings is 2. The van der Waals surface area contributed by atoms with Crippen LogP contribution in [0.2, 0.25) is 0 Å². The molecule has 1 fully saturated rings. The topological polar surface area (TPSA) is 44.8 Å². The normalized spacial score (nSPS) is 15.7. The summed E-state index contributed by atoms with van der Waals surface area (Å²) in [5.41, 5.74) is 2.03. The third-order valence-corrected chi connectivity index (χ3v) is 4.33. The molecule has 1 saturated heterocycles. The van der Waals surface area contributed by atoms with Crippen molar-refractivity contribution in [2.45, 2.75) is 6.54 Å². The number of hydrogen-bond donors (Lipinski definition) is 1. The van der Waals surface area contributed by atoms with E-state index in [-0.39, 0.29) is 12.5 Å². The highest BCUT2D eigenvalue weighted by Gasteiger charge is 2.14. The summed E-state index contributed by atoms with van der Waals surface area (Å²) < 4.78 is 5.48. The van der Waals surface area contributed by atoms with Gasteiger partial charge < -0.3 is 15.0 Å². The first-order chi connectivity index (χ1) is 12.2. The van der Waals surface area contributed by atoms with Gasteiger partial charge in [-0.05, 0) is 36.9 Å². The Morgan fingerprint density at radius 3 is 2.56 bits per heavy atom. The second kappa shape index (κ2) is 8.65. The van der Waals surface area contributed by atoms with E-state index in [9.17, 15) is 4.79 Å². The van der Waals surface area contributed by atoms with E-state index in [4.69, 9.17) is 4.74 Å². The number of ether oxygens (including phenoxy) is 1. The largest absolute Gasteiger partial charge is 0.484 e. The average molecular weight is 339 g/mol. The van der Waals surface area contributed by atoms with Crippen molar-refractivity contribution in [2.75, 3.05) is 45.2 Å². The fourth-order valence-corrected chi connectivity index (χ4v) is 2.87. The molecule has 1 heterocycles. The van der Waals surface area contributed by atoms with E-state index in [0.717, 1.165) is 38.4 Å². The van der Waals surface area contributed by atoms with E-state index in [1.165, 1.54) is 5.56 Å². The number of piperazine rings is 1. The van der Waals surface area contributed by atoms with E-state index < -0.39 is 0 Å². The zero-order valence-electron chi connectivity index (χ0n) is 14.6. The van der Waals surface area contributed by atoms with Crippen molar-refractivity contribution in [3.63, 3.8) is 0 Å². The van der Waals surface area contributed by atoms with Crippen molar-refractivity contribution in [1.82, 2.24) is 9.80 Å². The molecule has 1 aliphatic rings. The lowest BCUT2D eigenvalue weighted by Gasteiger charge is -2.32. The smallest absolute Gasteiger partial charge is 0.262 e. The molecule has 0 unspecified atom stereocenters. The number of amides is 1. The van der Waals surface area contributed by atoms with Crippen LogP contribution in [-0.2, 0) is 11.3 Å². The van der Waals surface area contributed by atoms with Gasteiger partial charge in [-0.3, -0.25) is 9.69 Å². The van der Waals surface area contributed by atoms with Gasteiger partial charge in [-0.15, -0.1) is 0 Å². The second-order valence-electron chi connectivity index (χ2n) is 6.43. The van der Waals surface area contributed by atoms with E-state index in [2.05, 4.69) is 28.2 Å². The van der Waals surface area contributed by atoms with Gasteiger partial charge in [0.1, 0.15) is 5.75 Å². The van der Waals surface area contributed by atoms with Gasteiger partial charge >= 0.3 is 0 Å². The van der Waals surface area contributed by atoms with Crippen molar-refractivity contribution in [2.24, 2.45) is 0 Å². The van der Waals surface area contributed by atoms with Crippen molar-refractivity contribution >= 4 is 11.6 Å². The maximum Gasteiger partial charge on any atom is 0.262 e. The van der Waals surface area contributed by atoms with Crippen LogP contribution in [0.15, 0.2) is 54.6 Å². The molecule has 0 bridgehead atoms. The van der Waals surface area contributed by atoms with E-state index >= 15 is 0 Å². The quantitative estimate of drug-likeness (QED) is 0.878. The zero-order valence-corrected chi connectivity index (χ0v) is 14.6. The summed E-state index contributed by atoms with van der Waals surface area (Å²) in [7, 11) is 2.16. The van der Waals surface area contributed by atoms with Crippen LogP contribution < -0.4 is 10.1 Å². The van der Waals surface area contributed by atoms with Crippen LogP contribution in [0.4, 0.5) is 5.69 Å². The number of anilines is 1. The van der Waals surface area contributed by atoms with Gasteiger partial charge in [-0.25, -0.2) is 0 Å². The Morgan fingerprint density at radius 1 is 1.04 bits per heavy atom. The standard InChI is InChI=1S/C20H25N3O2/c1-22-10-12-23(13-11-22)15-17-6-5-7-18(14-17)21-20(24)16-25-19-8-3-2-4-9-19/h2-9,14H,10-13,15-16H2,1H3,(H,21,24). The molecule has 3 rings (SSSR count). The molecule has 2 aromatic carbocycles. The van der Waals surface area contributed by atoms with Crippen LogP contribution in [0.1, 0.15) is 5.56 Å². The SMILES string of the molecule is CN1CCN(Cc2cccc(NC(=O)COc3ccccc3)c2)CC1. The first-order valence-electron chi connectivity index (χ1n) is 8.66. The van der Waals surface area contributed by atoms with Crippen molar-refractivity contribution in [3.05, 3.63) is 60.2 Å². The minimum absolute atomic E-state index is 0.00665. The Bertz CT molecular complexity index is 682. The van der Waals surface area contributed by atoms with Crippen molar-refractivity contribution in [3.8, 4) is 5.75 Å². The molecule has 0 aromatic heterocycles. The molecule has 1 aliphatic heterocycles. The molecule has 0 aliphatic carbocycles. The summed E-state index contributed by atoms with van der Waals surface area (Å²) in [5, 5.41) is 2.91. The van der Waals surface area contributed by atoms with E-state index in [1.807, 2.05) is 48.5 Å². The van der Waals surface area contributed by atoms with Gasteiger partial charge in [-0.2, -0.15) is 0 Å². The predicted molar refractivity (Wildman–Crippen MR) is 99.8 cm³/mol. The Kier molecular flexibility index (Phi) is 6.04. The molecule has 5 heteroatoms. The number of carbonyl (C=O) groups excluding carboxylic acids is 1. The summed E-state index contributed by atoms with van der Waals surface area (Å²) in [6.07, 6.45) is 0. The summed E-state index contributed by atoms with van der Waals surface area (Å²) in [6.45, 7) is 5.29. The highest BCUT2D eigenvalue weighted by Crippen LogP contribution is 2.14. The summed E-state index contributed by atoms with van der Waals surface area (Å²) in [5.74, 6) is 0.544. The maximum atomic E-state index is 12.1.